The van der Waals surface area contributed by atoms with Crippen molar-refractivity contribution in [2.24, 2.45) is 5.92 Å². The molecule has 1 aliphatic heterocycles. The molecule has 126 valence electrons. The van der Waals surface area contributed by atoms with Crippen LogP contribution in [0.1, 0.15) is 20.8 Å². The molecule has 0 saturated carbocycles. The number of ether oxygens (including phenoxy) is 4. The van der Waals surface area contributed by atoms with Gasteiger partial charge in [0.2, 0.25) is 0 Å². The number of hydrogen-bond acceptors (Lipinski definition) is 7. The van der Waals surface area contributed by atoms with E-state index in [1.807, 2.05) is 0 Å². The van der Waals surface area contributed by atoms with Gasteiger partial charge in [-0.05, 0) is 12.8 Å². The van der Waals surface area contributed by atoms with Crippen molar-refractivity contribution < 1.29 is 34.3 Å². The first-order valence-electron chi connectivity index (χ1n) is 7.40. The van der Waals surface area contributed by atoms with Crippen LogP contribution in [0.3, 0.4) is 0 Å². The Labute approximate surface area is 125 Å². The Morgan fingerprint density at radius 2 is 1.52 bits per heavy atom. The van der Waals surface area contributed by atoms with Gasteiger partial charge in [0, 0.05) is 6.61 Å². The standard InChI is InChI=1S/C14H28O7/c1-9(2)8-19-5-4-18-6-7-20-14-13(17)12(16)11(15)10(3)21-14/h9-17H,4-8H2,1-3H3/t10?,11-,12?,13?,14-/m1/s1. The highest BCUT2D eigenvalue weighted by atomic mass is 16.7. The molecule has 1 heterocycles. The summed E-state index contributed by atoms with van der Waals surface area (Å²) in [5.41, 5.74) is 0. The van der Waals surface area contributed by atoms with E-state index in [4.69, 9.17) is 18.9 Å². The van der Waals surface area contributed by atoms with Crippen LogP contribution in [0.4, 0.5) is 0 Å². The molecule has 0 aromatic carbocycles. The van der Waals surface area contributed by atoms with E-state index in [1.165, 1.54) is 0 Å². The van der Waals surface area contributed by atoms with E-state index in [2.05, 4.69) is 13.8 Å². The predicted octanol–water partition coefficient (Wildman–Crippen LogP) is -0.480. The van der Waals surface area contributed by atoms with E-state index < -0.39 is 30.7 Å². The summed E-state index contributed by atoms with van der Waals surface area (Å²) in [6, 6.07) is 0. The summed E-state index contributed by atoms with van der Waals surface area (Å²) in [5.74, 6) is 0.502. The monoisotopic (exact) mass is 308 g/mol. The molecule has 1 fully saturated rings. The van der Waals surface area contributed by atoms with Gasteiger partial charge in [0.15, 0.2) is 6.29 Å². The fraction of sp³-hybridized carbons (Fsp3) is 1.00. The van der Waals surface area contributed by atoms with Gasteiger partial charge in [0.1, 0.15) is 18.3 Å². The fourth-order valence-electron chi connectivity index (χ4n) is 1.91. The third kappa shape index (κ3) is 6.56. The summed E-state index contributed by atoms with van der Waals surface area (Å²) in [6.45, 7) is 8.04. The van der Waals surface area contributed by atoms with Gasteiger partial charge in [0.05, 0.1) is 32.5 Å². The average Bonchev–Trinajstić information content (AvgIpc) is 2.44. The highest BCUT2D eigenvalue weighted by molar-refractivity contribution is 4.87. The maximum absolute atomic E-state index is 9.73. The van der Waals surface area contributed by atoms with Crippen molar-refractivity contribution in [1.82, 2.24) is 0 Å². The molecule has 0 aliphatic carbocycles. The SMILES string of the molecule is CC(C)COCCOCCO[C@@H]1OC(C)[C@@H](O)C(O)C1O. The van der Waals surface area contributed by atoms with Crippen molar-refractivity contribution in [2.45, 2.75) is 51.5 Å². The van der Waals surface area contributed by atoms with E-state index in [9.17, 15) is 15.3 Å². The molecule has 1 saturated heterocycles. The molecule has 0 aromatic heterocycles. The van der Waals surface area contributed by atoms with Gasteiger partial charge in [0.25, 0.3) is 0 Å². The average molecular weight is 308 g/mol. The van der Waals surface area contributed by atoms with Gasteiger partial charge in [-0.3, -0.25) is 0 Å². The molecule has 1 rings (SSSR count). The fourth-order valence-corrected chi connectivity index (χ4v) is 1.91. The van der Waals surface area contributed by atoms with Gasteiger partial charge >= 0.3 is 0 Å². The van der Waals surface area contributed by atoms with Gasteiger partial charge < -0.3 is 34.3 Å². The van der Waals surface area contributed by atoms with Crippen LogP contribution in [0.25, 0.3) is 0 Å². The number of aliphatic hydroxyl groups is 3. The lowest BCUT2D eigenvalue weighted by Crippen LogP contribution is -2.57. The maximum atomic E-state index is 9.73. The van der Waals surface area contributed by atoms with Gasteiger partial charge in [-0.25, -0.2) is 0 Å². The Morgan fingerprint density at radius 3 is 2.19 bits per heavy atom. The molecule has 21 heavy (non-hydrogen) atoms. The number of rotatable bonds is 9. The van der Waals surface area contributed by atoms with E-state index in [-0.39, 0.29) is 6.61 Å². The molecule has 1 aliphatic rings. The molecular formula is C14H28O7. The van der Waals surface area contributed by atoms with Crippen molar-refractivity contribution in [3.63, 3.8) is 0 Å². The number of hydrogen-bond donors (Lipinski definition) is 3. The van der Waals surface area contributed by atoms with Crippen molar-refractivity contribution in [3.8, 4) is 0 Å². The zero-order valence-electron chi connectivity index (χ0n) is 13.0. The van der Waals surface area contributed by atoms with Crippen LogP contribution in [0, 0.1) is 5.92 Å². The number of aliphatic hydroxyl groups excluding tert-OH is 3. The third-order valence-electron chi connectivity index (χ3n) is 3.14. The van der Waals surface area contributed by atoms with E-state index in [0.29, 0.717) is 32.3 Å². The minimum absolute atomic E-state index is 0.224. The molecule has 0 spiro atoms. The summed E-state index contributed by atoms with van der Waals surface area (Å²) in [6.07, 6.45) is -5.22. The second-order valence-electron chi connectivity index (χ2n) is 5.63. The Bertz CT molecular complexity index is 274. The van der Waals surface area contributed by atoms with E-state index in [1.54, 1.807) is 6.92 Å². The van der Waals surface area contributed by atoms with Crippen molar-refractivity contribution in [3.05, 3.63) is 0 Å². The van der Waals surface area contributed by atoms with Crippen LogP contribution in [-0.2, 0) is 18.9 Å². The smallest absolute Gasteiger partial charge is 0.186 e. The van der Waals surface area contributed by atoms with E-state index in [0.717, 1.165) is 0 Å². The van der Waals surface area contributed by atoms with Crippen LogP contribution in [-0.4, -0.2) is 79.1 Å². The van der Waals surface area contributed by atoms with E-state index >= 15 is 0 Å². The first-order chi connectivity index (χ1) is 9.93. The van der Waals surface area contributed by atoms with Gasteiger partial charge in [-0.2, -0.15) is 0 Å². The zero-order valence-corrected chi connectivity index (χ0v) is 13.0. The lowest BCUT2D eigenvalue weighted by atomic mass is 10.0. The summed E-state index contributed by atoms with van der Waals surface area (Å²) < 4.78 is 21.3. The summed E-state index contributed by atoms with van der Waals surface area (Å²) in [4.78, 5) is 0. The quantitative estimate of drug-likeness (QED) is 0.495. The first-order valence-corrected chi connectivity index (χ1v) is 7.40. The maximum Gasteiger partial charge on any atom is 0.186 e. The molecule has 3 unspecified atom stereocenters. The summed E-state index contributed by atoms with van der Waals surface area (Å²) >= 11 is 0. The topological polar surface area (TPSA) is 97.6 Å². The second kappa shape index (κ2) is 9.68. The second-order valence-corrected chi connectivity index (χ2v) is 5.63. The Hall–Kier alpha value is -0.280. The molecule has 5 atom stereocenters. The Morgan fingerprint density at radius 1 is 0.905 bits per heavy atom. The normalized spacial score (nSPS) is 33.6. The minimum atomic E-state index is -1.27. The minimum Gasteiger partial charge on any atom is -0.388 e. The van der Waals surface area contributed by atoms with Crippen LogP contribution in [0.5, 0.6) is 0 Å². The lowest BCUT2D eigenvalue weighted by Gasteiger charge is -2.38. The first kappa shape index (κ1) is 18.8. The van der Waals surface area contributed by atoms with Crippen LogP contribution in [0.2, 0.25) is 0 Å². The Balaban J connectivity index is 2.07. The molecule has 0 aromatic rings. The van der Waals surface area contributed by atoms with Crippen molar-refractivity contribution in [1.29, 1.82) is 0 Å². The van der Waals surface area contributed by atoms with Crippen LogP contribution < -0.4 is 0 Å². The van der Waals surface area contributed by atoms with Gasteiger partial charge in [-0.15, -0.1) is 0 Å². The third-order valence-corrected chi connectivity index (χ3v) is 3.14. The lowest BCUT2D eigenvalue weighted by molar-refractivity contribution is -0.294. The highest BCUT2D eigenvalue weighted by Crippen LogP contribution is 2.21. The zero-order chi connectivity index (χ0) is 15.8. The molecular weight excluding hydrogens is 280 g/mol. The van der Waals surface area contributed by atoms with Crippen LogP contribution >= 0.6 is 0 Å². The molecule has 7 heteroatoms. The summed E-state index contributed by atoms with van der Waals surface area (Å²) in [7, 11) is 0. The van der Waals surface area contributed by atoms with Crippen LogP contribution in [0.15, 0.2) is 0 Å². The molecule has 0 radical (unpaired) electrons. The molecule has 7 nitrogen and oxygen atoms in total. The highest BCUT2D eigenvalue weighted by Gasteiger charge is 2.42. The van der Waals surface area contributed by atoms with Crippen molar-refractivity contribution in [2.75, 3.05) is 33.0 Å². The predicted molar refractivity (Wildman–Crippen MR) is 74.8 cm³/mol. The Kier molecular flexibility index (Phi) is 8.65. The molecule has 0 amide bonds. The largest absolute Gasteiger partial charge is 0.388 e. The summed E-state index contributed by atoms with van der Waals surface area (Å²) in [5, 5.41) is 28.9. The van der Waals surface area contributed by atoms with Crippen molar-refractivity contribution >= 4 is 0 Å². The van der Waals surface area contributed by atoms with Gasteiger partial charge in [-0.1, -0.05) is 13.8 Å². The molecule has 3 N–H and O–H groups in total. The molecule has 0 bridgehead atoms.